The normalized spacial score (nSPS) is 10.3. The molecule has 6 heteroatoms. The summed E-state index contributed by atoms with van der Waals surface area (Å²) in [5, 5.41) is 2.72. The van der Waals surface area contributed by atoms with Gasteiger partial charge in [0, 0.05) is 23.8 Å². The van der Waals surface area contributed by atoms with Crippen LogP contribution < -0.4 is 5.32 Å². The maximum absolute atomic E-state index is 13.2. The van der Waals surface area contributed by atoms with Crippen molar-refractivity contribution in [1.82, 2.24) is 0 Å². The molecule has 0 saturated carbocycles. The van der Waals surface area contributed by atoms with Crippen LogP contribution in [0.5, 0.6) is 0 Å². The minimum absolute atomic E-state index is 0.265. The minimum atomic E-state index is -0.455. The number of benzene rings is 2. The second-order valence-corrected chi connectivity index (χ2v) is 6.67. The summed E-state index contributed by atoms with van der Waals surface area (Å²) in [4.78, 5) is 12.0. The molecule has 1 N–H and O–H groups in total. The summed E-state index contributed by atoms with van der Waals surface area (Å²) in [5.74, 6) is -0.809. The standard InChI is InChI=1S/C13H7Br2FINO/c14-8-3-7(4-9(16)5-8)13(19)18-10-1-2-12(17)11(15)6-10/h1-6H,(H,18,19). The summed E-state index contributed by atoms with van der Waals surface area (Å²) in [6, 6.07) is 9.54. The molecule has 1 amide bonds. The van der Waals surface area contributed by atoms with Gasteiger partial charge in [0.1, 0.15) is 5.82 Å². The lowest BCUT2D eigenvalue weighted by Crippen LogP contribution is -2.12. The third-order valence-corrected chi connectivity index (χ3v) is 5.10. The molecule has 2 aromatic rings. The van der Waals surface area contributed by atoms with Crippen molar-refractivity contribution in [2.75, 3.05) is 5.32 Å². The van der Waals surface area contributed by atoms with Crippen LogP contribution in [0.1, 0.15) is 10.4 Å². The Hall–Kier alpha value is -0.470. The van der Waals surface area contributed by atoms with Gasteiger partial charge >= 0.3 is 0 Å². The molecule has 0 aliphatic rings. The Labute approximate surface area is 140 Å². The van der Waals surface area contributed by atoms with Crippen LogP contribution in [-0.2, 0) is 0 Å². The average molecular weight is 499 g/mol. The van der Waals surface area contributed by atoms with Gasteiger partial charge in [-0.2, -0.15) is 0 Å². The SMILES string of the molecule is O=C(Nc1ccc(I)c(Br)c1)c1cc(F)cc(Br)c1. The monoisotopic (exact) mass is 497 g/mol. The summed E-state index contributed by atoms with van der Waals surface area (Å²) < 4.78 is 15.7. The van der Waals surface area contributed by atoms with Crippen LogP contribution in [0.2, 0.25) is 0 Å². The van der Waals surface area contributed by atoms with E-state index in [1.807, 2.05) is 6.07 Å². The lowest BCUT2D eigenvalue weighted by molar-refractivity contribution is 0.102. The maximum Gasteiger partial charge on any atom is 0.255 e. The van der Waals surface area contributed by atoms with E-state index in [0.717, 1.165) is 8.04 Å². The second-order valence-electron chi connectivity index (χ2n) is 3.74. The first kappa shape index (κ1) is 14.9. The number of carbonyl (C=O) groups excluding carboxylic acids is 1. The van der Waals surface area contributed by atoms with E-state index < -0.39 is 5.82 Å². The van der Waals surface area contributed by atoms with Gasteiger partial charge in [0.05, 0.1) is 0 Å². The fourth-order valence-electron chi connectivity index (χ4n) is 1.46. The molecule has 19 heavy (non-hydrogen) atoms. The predicted molar refractivity (Wildman–Crippen MR) is 88.9 cm³/mol. The molecule has 2 rings (SSSR count). The fraction of sp³-hybridized carbons (Fsp3) is 0. The highest BCUT2D eigenvalue weighted by Crippen LogP contribution is 2.23. The highest BCUT2D eigenvalue weighted by molar-refractivity contribution is 14.1. The molecule has 0 fully saturated rings. The Morgan fingerprint density at radius 1 is 1.16 bits per heavy atom. The highest BCUT2D eigenvalue weighted by atomic mass is 127. The van der Waals surface area contributed by atoms with Gasteiger partial charge in [-0.25, -0.2) is 4.39 Å². The van der Waals surface area contributed by atoms with Gasteiger partial charge < -0.3 is 5.32 Å². The molecule has 98 valence electrons. The Morgan fingerprint density at radius 2 is 1.89 bits per heavy atom. The van der Waals surface area contributed by atoms with E-state index in [9.17, 15) is 9.18 Å². The molecule has 0 unspecified atom stereocenters. The largest absolute Gasteiger partial charge is 0.322 e. The van der Waals surface area contributed by atoms with E-state index in [4.69, 9.17) is 0 Å². The molecular weight excluding hydrogens is 492 g/mol. The maximum atomic E-state index is 13.2. The van der Waals surface area contributed by atoms with Crippen molar-refractivity contribution >= 4 is 66.0 Å². The van der Waals surface area contributed by atoms with Crippen LogP contribution in [0.15, 0.2) is 45.3 Å². The van der Waals surface area contributed by atoms with Crippen molar-refractivity contribution in [3.05, 3.63) is 60.3 Å². The molecule has 0 aliphatic carbocycles. The van der Waals surface area contributed by atoms with Gasteiger partial charge in [-0.05, 0) is 74.9 Å². The molecule has 0 aromatic heterocycles. The number of amides is 1. The first-order valence-electron chi connectivity index (χ1n) is 5.18. The molecular formula is C13H7Br2FINO. The zero-order chi connectivity index (χ0) is 14.0. The van der Waals surface area contributed by atoms with Crippen molar-refractivity contribution < 1.29 is 9.18 Å². The number of carbonyl (C=O) groups is 1. The first-order valence-corrected chi connectivity index (χ1v) is 7.84. The van der Waals surface area contributed by atoms with E-state index in [-0.39, 0.29) is 11.5 Å². The number of rotatable bonds is 2. The van der Waals surface area contributed by atoms with E-state index in [1.54, 1.807) is 18.2 Å². The van der Waals surface area contributed by atoms with Gasteiger partial charge in [-0.3, -0.25) is 4.79 Å². The van der Waals surface area contributed by atoms with Gasteiger partial charge in [-0.1, -0.05) is 15.9 Å². The highest BCUT2D eigenvalue weighted by Gasteiger charge is 2.09. The van der Waals surface area contributed by atoms with Crippen molar-refractivity contribution in [3.63, 3.8) is 0 Å². The Morgan fingerprint density at radius 3 is 2.53 bits per heavy atom. The molecule has 0 heterocycles. The second kappa shape index (κ2) is 6.32. The van der Waals surface area contributed by atoms with Crippen LogP contribution in [-0.4, -0.2) is 5.91 Å². The zero-order valence-corrected chi connectivity index (χ0v) is 14.7. The predicted octanol–water partition coefficient (Wildman–Crippen LogP) is 5.21. The van der Waals surface area contributed by atoms with E-state index >= 15 is 0 Å². The van der Waals surface area contributed by atoms with Crippen LogP contribution >= 0.6 is 54.5 Å². The number of hydrogen-bond donors (Lipinski definition) is 1. The van der Waals surface area contributed by atoms with Crippen molar-refractivity contribution in [1.29, 1.82) is 0 Å². The molecule has 0 saturated heterocycles. The summed E-state index contributed by atoms with van der Waals surface area (Å²) in [7, 11) is 0. The molecule has 2 nitrogen and oxygen atoms in total. The van der Waals surface area contributed by atoms with Crippen LogP contribution in [0.4, 0.5) is 10.1 Å². The topological polar surface area (TPSA) is 29.1 Å². The Kier molecular flexibility index (Phi) is 4.97. The minimum Gasteiger partial charge on any atom is -0.322 e. The molecule has 0 bridgehead atoms. The van der Waals surface area contributed by atoms with Crippen LogP contribution in [0.3, 0.4) is 0 Å². The number of hydrogen-bond acceptors (Lipinski definition) is 1. The lowest BCUT2D eigenvalue weighted by Gasteiger charge is -2.07. The lowest BCUT2D eigenvalue weighted by atomic mass is 10.2. The van der Waals surface area contributed by atoms with E-state index in [1.165, 1.54) is 12.1 Å². The fourth-order valence-corrected chi connectivity index (χ4v) is 2.64. The van der Waals surface area contributed by atoms with E-state index in [2.05, 4.69) is 59.8 Å². The third kappa shape index (κ3) is 4.00. The Bertz CT molecular complexity index is 628. The summed E-state index contributed by atoms with van der Waals surface area (Å²) >= 11 is 8.73. The number of nitrogens with one attached hydrogen (secondary N) is 1. The quantitative estimate of drug-likeness (QED) is 0.566. The summed E-state index contributed by atoms with van der Waals surface area (Å²) in [6.45, 7) is 0. The van der Waals surface area contributed by atoms with E-state index in [0.29, 0.717) is 10.2 Å². The van der Waals surface area contributed by atoms with Crippen molar-refractivity contribution in [2.24, 2.45) is 0 Å². The van der Waals surface area contributed by atoms with Crippen molar-refractivity contribution in [2.45, 2.75) is 0 Å². The Balaban J connectivity index is 2.22. The third-order valence-electron chi connectivity index (χ3n) is 2.30. The molecule has 0 atom stereocenters. The molecule has 0 aliphatic heterocycles. The van der Waals surface area contributed by atoms with Gasteiger partial charge in [-0.15, -0.1) is 0 Å². The zero-order valence-electron chi connectivity index (χ0n) is 9.38. The van der Waals surface area contributed by atoms with Crippen LogP contribution in [0.25, 0.3) is 0 Å². The smallest absolute Gasteiger partial charge is 0.255 e. The molecule has 2 aromatic carbocycles. The van der Waals surface area contributed by atoms with Gasteiger partial charge in [0.15, 0.2) is 0 Å². The van der Waals surface area contributed by atoms with Gasteiger partial charge in [0.25, 0.3) is 5.91 Å². The van der Waals surface area contributed by atoms with Gasteiger partial charge in [0.2, 0.25) is 0 Å². The average Bonchev–Trinajstić information content (AvgIpc) is 2.32. The first-order chi connectivity index (χ1) is 8.95. The van der Waals surface area contributed by atoms with Crippen molar-refractivity contribution in [3.8, 4) is 0 Å². The molecule has 0 spiro atoms. The number of halogens is 4. The number of anilines is 1. The van der Waals surface area contributed by atoms with Crippen LogP contribution in [0, 0.1) is 9.39 Å². The summed E-state index contributed by atoms with van der Waals surface area (Å²) in [6.07, 6.45) is 0. The molecule has 0 radical (unpaired) electrons. The summed E-state index contributed by atoms with van der Waals surface area (Å²) in [5.41, 5.74) is 0.916.